The molecule has 0 atom stereocenters. The molecule has 15 heavy (non-hydrogen) atoms. The Hall–Kier alpha value is -0.890. The lowest BCUT2D eigenvalue weighted by molar-refractivity contribution is 0.975. The zero-order chi connectivity index (χ0) is 11.3. The average Bonchev–Trinajstić information content (AvgIpc) is 2.25. The van der Waals surface area contributed by atoms with Gasteiger partial charge in [0.15, 0.2) is 0 Å². The third-order valence-corrected chi connectivity index (χ3v) is 2.90. The highest BCUT2D eigenvalue weighted by Crippen LogP contribution is 2.15. The molecule has 0 heterocycles. The van der Waals surface area contributed by atoms with E-state index in [9.17, 15) is 0 Å². The van der Waals surface area contributed by atoms with E-state index < -0.39 is 0 Å². The smallest absolute Gasteiger partial charge is 0.0730 e. The minimum atomic E-state index is 0.610. The molecular formula is C13H19NS. The lowest BCUT2D eigenvalue weighted by Crippen LogP contribution is -2.09. The van der Waals surface area contributed by atoms with E-state index in [-0.39, 0.29) is 0 Å². The van der Waals surface area contributed by atoms with Gasteiger partial charge in [0.25, 0.3) is 0 Å². The van der Waals surface area contributed by atoms with Crippen LogP contribution in [0.4, 0.5) is 0 Å². The van der Waals surface area contributed by atoms with Gasteiger partial charge in [0, 0.05) is 6.42 Å². The second-order valence-electron chi connectivity index (χ2n) is 3.78. The molecule has 1 rings (SSSR count). The van der Waals surface area contributed by atoms with Gasteiger partial charge in [-0.25, -0.2) is 0 Å². The molecule has 2 heteroatoms. The third-order valence-electron chi connectivity index (χ3n) is 2.70. The van der Waals surface area contributed by atoms with E-state index in [4.69, 9.17) is 18.0 Å². The molecule has 82 valence electrons. The SMILES string of the molecule is CCc1ccc(CC)c(CCC(N)=S)c1. The van der Waals surface area contributed by atoms with Crippen molar-refractivity contribution in [2.45, 2.75) is 39.5 Å². The molecule has 0 aliphatic carbocycles. The molecule has 0 saturated heterocycles. The molecule has 0 fully saturated rings. The van der Waals surface area contributed by atoms with Crippen molar-refractivity contribution >= 4 is 17.2 Å². The van der Waals surface area contributed by atoms with Crippen LogP contribution in [0.15, 0.2) is 18.2 Å². The first kappa shape index (κ1) is 12.2. The fraction of sp³-hybridized carbons (Fsp3) is 0.462. The summed E-state index contributed by atoms with van der Waals surface area (Å²) in [6, 6.07) is 6.73. The summed E-state index contributed by atoms with van der Waals surface area (Å²) in [4.78, 5) is 0.610. The topological polar surface area (TPSA) is 26.0 Å². The van der Waals surface area contributed by atoms with Gasteiger partial charge in [0.05, 0.1) is 4.99 Å². The van der Waals surface area contributed by atoms with Gasteiger partial charge in [-0.15, -0.1) is 0 Å². The lowest BCUT2D eigenvalue weighted by atomic mass is 9.97. The van der Waals surface area contributed by atoms with E-state index in [0.717, 1.165) is 25.7 Å². The monoisotopic (exact) mass is 221 g/mol. The number of thiocarbonyl (C=S) groups is 1. The third kappa shape index (κ3) is 3.63. The van der Waals surface area contributed by atoms with Crippen molar-refractivity contribution in [3.63, 3.8) is 0 Å². The van der Waals surface area contributed by atoms with Crippen molar-refractivity contribution < 1.29 is 0 Å². The Morgan fingerprint density at radius 3 is 2.47 bits per heavy atom. The van der Waals surface area contributed by atoms with E-state index >= 15 is 0 Å². The van der Waals surface area contributed by atoms with Crippen molar-refractivity contribution in [2.24, 2.45) is 5.73 Å². The number of hydrogen-bond donors (Lipinski definition) is 1. The van der Waals surface area contributed by atoms with Gasteiger partial charge in [-0.1, -0.05) is 44.3 Å². The zero-order valence-electron chi connectivity index (χ0n) is 9.55. The molecule has 2 N–H and O–H groups in total. The van der Waals surface area contributed by atoms with Crippen LogP contribution in [0.5, 0.6) is 0 Å². The van der Waals surface area contributed by atoms with E-state index in [2.05, 4.69) is 32.0 Å². The highest BCUT2D eigenvalue weighted by atomic mass is 32.1. The normalized spacial score (nSPS) is 10.3. The number of benzene rings is 1. The summed E-state index contributed by atoms with van der Waals surface area (Å²) in [6.07, 6.45) is 3.96. The van der Waals surface area contributed by atoms with Crippen LogP contribution in [0, 0.1) is 0 Å². The number of hydrogen-bond acceptors (Lipinski definition) is 1. The van der Waals surface area contributed by atoms with Gasteiger partial charge in [0.1, 0.15) is 0 Å². The van der Waals surface area contributed by atoms with E-state index in [0.29, 0.717) is 4.99 Å². The largest absolute Gasteiger partial charge is 0.393 e. The van der Waals surface area contributed by atoms with Gasteiger partial charge < -0.3 is 5.73 Å². The summed E-state index contributed by atoms with van der Waals surface area (Å²) >= 11 is 4.91. The van der Waals surface area contributed by atoms with Crippen LogP contribution >= 0.6 is 12.2 Å². The maximum Gasteiger partial charge on any atom is 0.0730 e. The molecule has 0 spiro atoms. The van der Waals surface area contributed by atoms with E-state index in [1.165, 1.54) is 16.7 Å². The van der Waals surface area contributed by atoms with Crippen molar-refractivity contribution in [1.29, 1.82) is 0 Å². The highest BCUT2D eigenvalue weighted by Gasteiger charge is 2.02. The molecular weight excluding hydrogens is 202 g/mol. The van der Waals surface area contributed by atoms with Crippen LogP contribution in [0.1, 0.15) is 37.0 Å². The minimum absolute atomic E-state index is 0.610. The highest BCUT2D eigenvalue weighted by molar-refractivity contribution is 7.80. The molecule has 0 bridgehead atoms. The van der Waals surface area contributed by atoms with Crippen LogP contribution in [0.3, 0.4) is 0 Å². The first-order chi connectivity index (χ1) is 7.17. The summed E-state index contributed by atoms with van der Waals surface area (Å²) in [5.41, 5.74) is 9.75. The van der Waals surface area contributed by atoms with Crippen molar-refractivity contribution in [2.75, 3.05) is 0 Å². The predicted octanol–water partition coefficient (Wildman–Crippen LogP) is 3.03. The van der Waals surface area contributed by atoms with Crippen LogP contribution in [0.25, 0.3) is 0 Å². The molecule has 0 aliphatic heterocycles. The Kier molecular flexibility index (Phi) is 4.76. The van der Waals surface area contributed by atoms with Crippen LogP contribution in [-0.2, 0) is 19.3 Å². The molecule has 1 aromatic rings. The second-order valence-corrected chi connectivity index (χ2v) is 4.30. The average molecular weight is 221 g/mol. The molecule has 0 saturated carbocycles. The molecule has 0 unspecified atom stereocenters. The first-order valence-corrected chi connectivity index (χ1v) is 5.97. The fourth-order valence-corrected chi connectivity index (χ4v) is 1.84. The second kappa shape index (κ2) is 5.86. The van der Waals surface area contributed by atoms with E-state index in [1.54, 1.807) is 0 Å². The Morgan fingerprint density at radius 1 is 1.20 bits per heavy atom. The van der Waals surface area contributed by atoms with Crippen LogP contribution in [-0.4, -0.2) is 4.99 Å². The van der Waals surface area contributed by atoms with Crippen molar-refractivity contribution in [3.8, 4) is 0 Å². The Morgan fingerprint density at radius 2 is 1.93 bits per heavy atom. The molecule has 1 aromatic carbocycles. The quantitative estimate of drug-likeness (QED) is 0.773. The maximum absolute atomic E-state index is 5.53. The summed E-state index contributed by atoms with van der Waals surface area (Å²) < 4.78 is 0. The molecule has 0 amide bonds. The molecule has 0 aromatic heterocycles. The standard InChI is InChI=1S/C13H19NS/c1-3-10-5-6-11(4-2)12(9-10)7-8-13(14)15/h5-6,9H,3-4,7-8H2,1-2H3,(H2,14,15). The number of nitrogens with two attached hydrogens (primary N) is 1. The van der Waals surface area contributed by atoms with Crippen molar-refractivity contribution in [1.82, 2.24) is 0 Å². The Balaban J connectivity index is 2.85. The number of aryl methyl sites for hydroxylation is 3. The Bertz CT molecular complexity index is 344. The first-order valence-electron chi connectivity index (χ1n) is 5.56. The summed E-state index contributed by atoms with van der Waals surface area (Å²) in [5.74, 6) is 0. The minimum Gasteiger partial charge on any atom is -0.393 e. The van der Waals surface area contributed by atoms with Crippen LogP contribution < -0.4 is 5.73 Å². The molecule has 0 radical (unpaired) electrons. The molecule has 1 nitrogen and oxygen atoms in total. The van der Waals surface area contributed by atoms with Crippen molar-refractivity contribution in [3.05, 3.63) is 34.9 Å². The predicted molar refractivity (Wildman–Crippen MR) is 70.3 cm³/mol. The van der Waals surface area contributed by atoms with Gasteiger partial charge in [-0.3, -0.25) is 0 Å². The summed E-state index contributed by atoms with van der Waals surface area (Å²) in [5, 5.41) is 0. The summed E-state index contributed by atoms with van der Waals surface area (Å²) in [6.45, 7) is 4.36. The van der Waals surface area contributed by atoms with Gasteiger partial charge in [-0.05, 0) is 36.0 Å². The molecule has 0 aliphatic rings. The van der Waals surface area contributed by atoms with Gasteiger partial charge in [0.2, 0.25) is 0 Å². The Labute approximate surface area is 97.7 Å². The maximum atomic E-state index is 5.53. The van der Waals surface area contributed by atoms with Gasteiger partial charge >= 0.3 is 0 Å². The zero-order valence-corrected chi connectivity index (χ0v) is 10.4. The lowest BCUT2D eigenvalue weighted by Gasteiger charge is -2.09. The van der Waals surface area contributed by atoms with Crippen LogP contribution in [0.2, 0.25) is 0 Å². The van der Waals surface area contributed by atoms with Gasteiger partial charge in [-0.2, -0.15) is 0 Å². The van der Waals surface area contributed by atoms with E-state index in [1.807, 2.05) is 0 Å². The summed E-state index contributed by atoms with van der Waals surface area (Å²) in [7, 11) is 0. The fourth-order valence-electron chi connectivity index (χ4n) is 1.73. The number of rotatable bonds is 5.